The molecule has 6 heteroatoms. The highest BCUT2D eigenvalue weighted by Crippen LogP contribution is 2.53. The summed E-state index contributed by atoms with van der Waals surface area (Å²) in [4.78, 5) is 2.14. The van der Waals surface area contributed by atoms with Crippen LogP contribution in [0.4, 0.5) is 0 Å². The molecule has 0 aliphatic carbocycles. The van der Waals surface area contributed by atoms with Gasteiger partial charge < -0.3 is 18.9 Å². The van der Waals surface area contributed by atoms with Gasteiger partial charge in [-0.1, -0.05) is 13.8 Å². The molecule has 2 aliphatic heterocycles. The van der Waals surface area contributed by atoms with Crippen molar-refractivity contribution in [2.75, 3.05) is 26.4 Å². The topological polar surface area (TPSA) is 36.9 Å². The van der Waals surface area contributed by atoms with Crippen LogP contribution >= 0.6 is 22.7 Å². The molecule has 0 saturated carbocycles. The van der Waals surface area contributed by atoms with Gasteiger partial charge in [-0.05, 0) is 0 Å². The van der Waals surface area contributed by atoms with Crippen LogP contribution in [0, 0.1) is 0 Å². The van der Waals surface area contributed by atoms with Gasteiger partial charge in [0, 0.05) is 10.8 Å². The third-order valence-electron chi connectivity index (χ3n) is 2.81. The number of hydrogen-bond acceptors (Lipinski definition) is 6. The van der Waals surface area contributed by atoms with Gasteiger partial charge in [-0.2, -0.15) is 0 Å². The number of hydrogen-bond donors (Lipinski definition) is 0. The lowest BCUT2D eigenvalue weighted by molar-refractivity contribution is 0.172. The summed E-state index contributed by atoms with van der Waals surface area (Å²) in [5.41, 5.74) is 0. The lowest BCUT2D eigenvalue weighted by atomic mass is 10.3. The maximum absolute atomic E-state index is 5.71. The quantitative estimate of drug-likeness (QED) is 0.796. The predicted octanol–water partition coefficient (Wildman–Crippen LogP) is 4.05. The standard InChI is InChI=1S/C12H10O4S2.C2H6/c1-3-15-9-7(13-1)5-17-11(9)12-10-8(6-18-12)14-2-4-16-10;1-2/h5-6H,1-4H2;1-2H3. The molecule has 0 aromatic carbocycles. The molecular weight excluding hydrogens is 296 g/mol. The zero-order valence-corrected chi connectivity index (χ0v) is 13.1. The average molecular weight is 312 g/mol. The van der Waals surface area contributed by atoms with Crippen LogP contribution in [-0.2, 0) is 0 Å². The van der Waals surface area contributed by atoms with Crippen molar-refractivity contribution in [1.82, 2.24) is 0 Å². The van der Waals surface area contributed by atoms with Gasteiger partial charge in [-0.25, -0.2) is 0 Å². The van der Waals surface area contributed by atoms with Crippen LogP contribution in [0.2, 0.25) is 0 Å². The van der Waals surface area contributed by atoms with Crippen molar-refractivity contribution in [3.05, 3.63) is 10.8 Å². The first-order chi connectivity index (χ1) is 9.93. The number of rotatable bonds is 1. The molecule has 108 valence electrons. The zero-order valence-electron chi connectivity index (χ0n) is 11.4. The Hall–Kier alpha value is -1.40. The summed E-state index contributed by atoms with van der Waals surface area (Å²) in [5.74, 6) is 3.34. The van der Waals surface area contributed by atoms with Gasteiger partial charge in [0.05, 0.1) is 9.75 Å². The Balaban J connectivity index is 0.000000581. The molecule has 0 saturated heterocycles. The molecule has 4 rings (SSSR count). The molecule has 0 unspecified atom stereocenters. The minimum atomic E-state index is 0.599. The highest BCUT2D eigenvalue weighted by atomic mass is 32.1. The Bertz CT molecular complexity index is 536. The fourth-order valence-corrected chi connectivity index (χ4v) is 4.06. The summed E-state index contributed by atoms with van der Waals surface area (Å²) >= 11 is 3.24. The maximum Gasteiger partial charge on any atom is 0.180 e. The van der Waals surface area contributed by atoms with Crippen molar-refractivity contribution in [2.45, 2.75) is 13.8 Å². The van der Waals surface area contributed by atoms with E-state index in [1.165, 1.54) is 0 Å². The summed E-state index contributed by atoms with van der Waals surface area (Å²) in [6.45, 7) is 6.43. The van der Waals surface area contributed by atoms with Gasteiger partial charge in [-0.3, -0.25) is 0 Å². The van der Waals surface area contributed by atoms with Gasteiger partial charge in [-0.15, -0.1) is 22.7 Å². The third kappa shape index (κ3) is 2.23. The van der Waals surface area contributed by atoms with Crippen molar-refractivity contribution >= 4 is 22.7 Å². The van der Waals surface area contributed by atoms with E-state index < -0.39 is 0 Å². The second kappa shape index (κ2) is 5.93. The summed E-state index contributed by atoms with van der Waals surface area (Å²) in [6, 6.07) is 0. The minimum Gasteiger partial charge on any atom is -0.485 e. The first-order valence-electron chi connectivity index (χ1n) is 6.68. The monoisotopic (exact) mass is 312 g/mol. The molecule has 2 aliphatic rings. The summed E-state index contributed by atoms with van der Waals surface area (Å²) < 4.78 is 22.5. The Morgan fingerprint density at radius 1 is 0.700 bits per heavy atom. The largest absolute Gasteiger partial charge is 0.485 e. The van der Waals surface area contributed by atoms with Gasteiger partial charge in [0.2, 0.25) is 0 Å². The van der Waals surface area contributed by atoms with E-state index in [4.69, 9.17) is 18.9 Å². The van der Waals surface area contributed by atoms with Crippen molar-refractivity contribution in [1.29, 1.82) is 0 Å². The molecule has 4 heterocycles. The average Bonchev–Trinajstić information content (AvgIpc) is 3.12. The van der Waals surface area contributed by atoms with Gasteiger partial charge >= 0.3 is 0 Å². The van der Waals surface area contributed by atoms with E-state index in [-0.39, 0.29) is 0 Å². The second-order valence-electron chi connectivity index (χ2n) is 3.91. The fraction of sp³-hybridized carbons (Fsp3) is 0.429. The zero-order chi connectivity index (χ0) is 13.9. The first-order valence-corrected chi connectivity index (χ1v) is 8.44. The predicted molar refractivity (Wildman–Crippen MR) is 81.0 cm³/mol. The molecule has 2 aromatic heterocycles. The van der Waals surface area contributed by atoms with Crippen LogP contribution in [0.5, 0.6) is 23.0 Å². The number of thiophene rings is 2. The summed E-state index contributed by atoms with van der Waals surface area (Å²) in [7, 11) is 0. The van der Waals surface area contributed by atoms with Crippen LogP contribution in [0.15, 0.2) is 10.8 Å². The van der Waals surface area contributed by atoms with Crippen LogP contribution in [-0.4, -0.2) is 26.4 Å². The molecular formula is C14H16O4S2. The Labute approximate surface area is 125 Å². The van der Waals surface area contributed by atoms with Crippen molar-refractivity contribution in [2.24, 2.45) is 0 Å². The van der Waals surface area contributed by atoms with E-state index in [2.05, 4.69) is 0 Å². The van der Waals surface area contributed by atoms with Crippen molar-refractivity contribution in [3.8, 4) is 32.8 Å². The molecule has 0 spiro atoms. The lowest BCUT2D eigenvalue weighted by Gasteiger charge is -2.18. The van der Waals surface area contributed by atoms with E-state index in [0.717, 1.165) is 32.8 Å². The molecule has 0 atom stereocenters. The van der Waals surface area contributed by atoms with Crippen LogP contribution in [0.3, 0.4) is 0 Å². The molecule has 2 aromatic rings. The maximum atomic E-state index is 5.71. The van der Waals surface area contributed by atoms with Gasteiger partial charge in [0.1, 0.15) is 26.4 Å². The molecule has 20 heavy (non-hydrogen) atoms. The van der Waals surface area contributed by atoms with Crippen LogP contribution < -0.4 is 18.9 Å². The smallest absolute Gasteiger partial charge is 0.180 e. The van der Waals surface area contributed by atoms with Crippen LogP contribution in [0.25, 0.3) is 9.75 Å². The second-order valence-corrected chi connectivity index (χ2v) is 5.67. The molecule has 0 amide bonds. The SMILES string of the molecule is CC.c1sc(-c2scc3c2OCCO3)c2c1OCCO2. The minimum absolute atomic E-state index is 0.599. The van der Waals surface area contributed by atoms with E-state index in [1.54, 1.807) is 22.7 Å². The van der Waals surface area contributed by atoms with E-state index >= 15 is 0 Å². The lowest BCUT2D eigenvalue weighted by Crippen LogP contribution is -2.15. The van der Waals surface area contributed by atoms with Gasteiger partial charge in [0.15, 0.2) is 23.0 Å². The molecule has 0 radical (unpaired) electrons. The van der Waals surface area contributed by atoms with Gasteiger partial charge in [0.25, 0.3) is 0 Å². The number of fused-ring (bicyclic) bond motifs is 2. The molecule has 0 bridgehead atoms. The normalized spacial score (nSPS) is 15.3. The summed E-state index contributed by atoms with van der Waals surface area (Å²) in [6.07, 6.45) is 0. The Kier molecular flexibility index (Phi) is 4.03. The van der Waals surface area contributed by atoms with Crippen LogP contribution in [0.1, 0.15) is 13.8 Å². The third-order valence-corrected chi connectivity index (χ3v) is 4.85. The van der Waals surface area contributed by atoms with E-state index in [0.29, 0.717) is 26.4 Å². The Morgan fingerprint density at radius 3 is 1.55 bits per heavy atom. The molecule has 0 fully saturated rings. The summed E-state index contributed by atoms with van der Waals surface area (Å²) in [5, 5.41) is 3.97. The fourth-order valence-electron chi connectivity index (χ4n) is 2.04. The van der Waals surface area contributed by atoms with Crippen molar-refractivity contribution in [3.63, 3.8) is 0 Å². The Morgan fingerprint density at radius 2 is 1.10 bits per heavy atom. The first kappa shape index (κ1) is 13.6. The highest BCUT2D eigenvalue weighted by molar-refractivity contribution is 7.21. The molecule has 0 N–H and O–H groups in total. The number of ether oxygens (including phenoxy) is 4. The van der Waals surface area contributed by atoms with E-state index in [9.17, 15) is 0 Å². The van der Waals surface area contributed by atoms with E-state index in [1.807, 2.05) is 24.6 Å². The highest BCUT2D eigenvalue weighted by Gasteiger charge is 2.26. The van der Waals surface area contributed by atoms with Crippen molar-refractivity contribution < 1.29 is 18.9 Å². The molecule has 4 nitrogen and oxygen atoms in total.